The Morgan fingerprint density at radius 1 is 1.22 bits per heavy atom. The molecule has 3 rings (SSSR count). The normalized spacial score (nSPS) is 24.3. The molecule has 1 atom stereocenters. The Balaban J connectivity index is 1.68. The number of hydrogen-bond acceptors (Lipinski definition) is 2. The van der Waals surface area contributed by atoms with Gasteiger partial charge < -0.3 is 10.2 Å². The Kier molecular flexibility index (Phi) is 3.57. The van der Waals surface area contributed by atoms with Gasteiger partial charge in [-0.3, -0.25) is 0 Å². The van der Waals surface area contributed by atoms with Crippen LogP contribution in [-0.4, -0.2) is 25.2 Å². The minimum atomic E-state index is -0.191. The van der Waals surface area contributed by atoms with E-state index < -0.39 is 0 Å². The average molecular weight is 313 g/mol. The van der Waals surface area contributed by atoms with E-state index in [1.807, 2.05) is 12.1 Å². The first kappa shape index (κ1) is 12.4. The SMILES string of the molecule is Fc1ccc(N2CCCC(NC3CC3)C2)cc1Br. The molecule has 1 aliphatic heterocycles. The van der Waals surface area contributed by atoms with Crippen molar-refractivity contribution in [2.75, 3.05) is 18.0 Å². The zero-order valence-electron chi connectivity index (χ0n) is 10.3. The van der Waals surface area contributed by atoms with E-state index in [9.17, 15) is 4.39 Å². The van der Waals surface area contributed by atoms with Crippen LogP contribution in [0.5, 0.6) is 0 Å². The van der Waals surface area contributed by atoms with E-state index >= 15 is 0 Å². The molecule has 2 nitrogen and oxygen atoms in total. The average Bonchev–Trinajstić information content (AvgIpc) is 3.17. The largest absolute Gasteiger partial charge is 0.370 e. The molecule has 1 saturated carbocycles. The van der Waals surface area contributed by atoms with Crippen molar-refractivity contribution < 1.29 is 4.39 Å². The molecule has 1 N–H and O–H groups in total. The molecule has 0 bridgehead atoms. The Labute approximate surface area is 116 Å². The number of hydrogen-bond donors (Lipinski definition) is 1. The molecular formula is C14H18BrFN2. The number of rotatable bonds is 3. The fourth-order valence-corrected chi connectivity index (χ4v) is 2.98. The summed E-state index contributed by atoms with van der Waals surface area (Å²) >= 11 is 3.26. The molecule has 4 heteroatoms. The molecule has 0 aromatic heterocycles. The third kappa shape index (κ3) is 2.86. The molecule has 2 fully saturated rings. The smallest absolute Gasteiger partial charge is 0.137 e. The lowest BCUT2D eigenvalue weighted by Gasteiger charge is -2.35. The number of piperidine rings is 1. The van der Waals surface area contributed by atoms with Crippen LogP contribution in [0.1, 0.15) is 25.7 Å². The number of benzene rings is 1. The molecule has 2 aliphatic rings. The number of nitrogens with one attached hydrogen (secondary N) is 1. The Hall–Kier alpha value is -0.610. The van der Waals surface area contributed by atoms with Crippen LogP contribution in [0.2, 0.25) is 0 Å². The van der Waals surface area contributed by atoms with Crippen LogP contribution < -0.4 is 10.2 Å². The van der Waals surface area contributed by atoms with Gasteiger partial charge in [-0.05, 0) is 59.8 Å². The van der Waals surface area contributed by atoms with E-state index in [0.29, 0.717) is 10.5 Å². The summed E-state index contributed by atoms with van der Waals surface area (Å²) in [5.41, 5.74) is 1.12. The Morgan fingerprint density at radius 3 is 2.78 bits per heavy atom. The predicted octanol–water partition coefficient (Wildman–Crippen LogP) is 3.31. The van der Waals surface area contributed by atoms with Crippen molar-refractivity contribution in [3.8, 4) is 0 Å². The first-order chi connectivity index (χ1) is 8.72. The van der Waals surface area contributed by atoms with Gasteiger partial charge in [0, 0.05) is 30.9 Å². The second-order valence-electron chi connectivity index (χ2n) is 5.32. The highest BCUT2D eigenvalue weighted by atomic mass is 79.9. The Bertz CT molecular complexity index is 434. The van der Waals surface area contributed by atoms with Crippen molar-refractivity contribution in [2.24, 2.45) is 0 Å². The monoisotopic (exact) mass is 312 g/mol. The third-order valence-electron chi connectivity index (χ3n) is 3.74. The lowest BCUT2D eigenvalue weighted by Crippen LogP contribution is -2.46. The second kappa shape index (κ2) is 5.17. The highest BCUT2D eigenvalue weighted by molar-refractivity contribution is 9.10. The van der Waals surface area contributed by atoms with Gasteiger partial charge in [0.15, 0.2) is 0 Å². The molecule has 1 aliphatic carbocycles. The molecule has 1 saturated heterocycles. The van der Waals surface area contributed by atoms with Gasteiger partial charge in [0.25, 0.3) is 0 Å². The van der Waals surface area contributed by atoms with Crippen LogP contribution in [0.25, 0.3) is 0 Å². The van der Waals surface area contributed by atoms with Gasteiger partial charge in [0.1, 0.15) is 5.82 Å². The number of nitrogens with zero attached hydrogens (tertiary/aromatic N) is 1. The van der Waals surface area contributed by atoms with Crippen molar-refractivity contribution in [1.29, 1.82) is 0 Å². The predicted molar refractivity (Wildman–Crippen MR) is 75.5 cm³/mol. The summed E-state index contributed by atoms with van der Waals surface area (Å²) in [5, 5.41) is 3.69. The summed E-state index contributed by atoms with van der Waals surface area (Å²) in [5.74, 6) is -0.191. The standard InChI is InChI=1S/C14H18BrFN2/c15-13-8-12(5-6-14(13)16)18-7-1-2-11(9-18)17-10-3-4-10/h5-6,8,10-11,17H,1-4,7,9H2. The molecule has 0 spiro atoms. The van der Waals surface area contributed by atoms with E-state index in [0.717, 1.165) is 24.8 Å². The fourth-order valence-electron chi connectivity index (χ4n) is 2.61. The fraction of sp³-hybridized carbons (Fsp3) is 0.571. The van der Waals surface area contributed by atoms with E-state index in [1.165, 1.54) is 31.7 Å². The van der Waals surface area contributed by atoms with E-state index in [1.54, 1.807) is 0 Å². The first-order valence-electron chi connectivity index (χ1n) is 6.68. The maximum Gasteiger partial charge on any atom is 0.137 e. The second-order valence-corrected chi connectivity index (χ2v) is 6.18. The first-order valence-corrected chi connectivity index (χ1v) is 7.48. The van der Waals surface area contributed by atoms with E-state index in [4.69, 9.17) is 0 Å². The molecule has 0 radical (unpaired) electrons. The summed E-state index contributed by atoms with van der Waals surface area (Å²) < 4.78 is 13.8. The topological polar surface area (TPSA) is 15.3 Å². The zero-order valence-corrected chi connectivity index (χ0v) is 11.9. The van der Waals surface area contributed by atoms with Crippen molar-refractivity contribution in [3.05, 3.63) is 28.5 Å². The maximum absolute atomic E-state index is 13.2. The highest BCUT2D eigenvalue weighted by Gasteiger charge is 2.27. The number of anilines is 1. The van der Waals surface area contributed by atoms with Gasteiger partial charge in [0.2, 0.25) is 0 Å². The summed E-state index contributed by atoms with van der Waals surface area (Å²) in [6, 6.07) is 6.65. The zero-order chi connectivity index (χ0) is 12.5. The summed E-state index contributed by atoms with van der Waals surface area (Å²) in [6.07, 6.45) is 5.13. The molecule has 0 amide bonds. The minimum absolute atomic E-state index is 0.191. The molecular weight excluding hydrogens is 295 g/mol. The van der Waals surface area contributed by atoms with Crippen LogP contribution >= 0.6 is 15.9 Å². The lowest BCUT2D eigenvalue weighted by molar-refractivity contribution is 0.420. The van der Waals surface area contributed by atoms with Crippen LogP contribution in [0, 0.1) is 5.82 Å². The molecule has 1 aromatic carbocycles. The van der Waals surface area contributed by atoms with E-state index in [-0.39, 0.29) is 5.82 Å². The lowest BCUT2D eigenvalue weighted by atomic mass is 10.0. The minimum Gasteiger partial charge on any atom is -0.370 e. The van der Waals surface area contributed by atoms with Crippen molar-refractivity contribution in [2.45, 2.75) is 37.8 Å². The van der Waals surface area contributed by atoms with Gasteiger partial charge in [-0.1, -0.05) is 0 Å². The highest BCUT2D eigenvalue weighted by Crippen LogP contribution is 2.27. The van der Waals surface area contributed by atoms with Gasteiger partial charge in [-0.2, -0.15) is 0 Å². The van der Waals surface area contributed by atoms with Crippen LogP contribution in [0.4, 0.5) is 10.1 Å². The van der Waals surface area contributed by atoms with Crippen molar-refractivity contribution in [1.82, 2.24) is 5.32 Å². The quantitative estimate of drug-likeness (QED) is 0.921. The van der Waals surface area contributed by atoms with Gasteiger partial charge in [0.05, 0.1) is 4.47 Å². The summed E-state index contributed by atoms with van der Waals surface area (Å²) in [7, 11) is 0. The maximum atomic E-state index is 13.2. The number of halogens is 2. The molecule has 98 valence electrons. The van der Waals surface area contributed by atoms with Crippen LogP contribution in [0.3, 0.4) is 0 Å². The summed E-state index contributed by atoms with van der Waals surface area (Å²) in [4.78, 5) is 2.35. The third-order valence-corrected chi connectivity index (χ3v) is 4.35. The summed E-state index contributed by atoms with van der Waals surface area (Å²) in [6.45, 7) is 2.11. The molecule has 1 unspecified atom stereocenters. The molecule has 1 heterocycles. The van der Waals surface area contributed by atoms with Crippen molar-refractivity contribution in [3.63, 3.8) is 0 Å². The van der Waals surface area contributed by atoms with Crippen LogP contribution in [-0.2, 0) is 0 Å². The molecule has 18 heavy (non-hydrogen) atoms. The van der Waals surface area contributed by atoms with Gasteiger partial charge >= 0.3 is 0 Å². The Morgan fingerprint density at radius 2 is 2.06 bits per heavy atom. The van der Waals surface area contributed by atoms with Gasteiger partial charge in [-0.25, -0.2) is 4.39 Å². The van der Waals surface area contributed by atoms with E-state index in [2.05, 4.69) is 26.1 Å². The van der Waals surface area contributed by atoms with Crippen LogP contribution in [0.15, 0.2) is 22.7 Å². The van der Waals surface area contributed by atoms with Gasteiger partial charge in [-0.15, -0.1) is 0 Å². The molecule has 1 aromatic rings. The van der Waals surface area contributed by atoms with Crippen molar-refractivity contribution >= 4 is 21.6 Å².